The van der Waals surface area contributed by atoms with E-state index < -0.39 is 10.2 Å². The van der Waals surface area contributed by atoms with Gasteiger partial charge in [-0.2, -0.15) is 8.42 Å². The molecule has 1 aliphatic carbocycles. The topological polar surface area (TPSA) is 106 Å². The number of anilines is 1. The Bertz CT molecular complexity index is 1400. The van der Waals surface area contributed by atoms with Crippen molar-refractivity contribution < 1.29 is 13.2 Å². The second kappa shape index (κ2) is 9.05. The first kappa shape index (κ1) is 23.4. The highest BCUT2D eigenvalue weighted by Gasteiger charge is 2.43. The molecule has 0 radical (unpaired) electrons. The van der Waals surface area contributed by atoms with Gasteiger partial charge in [-0.1, -0.05) is 36.6 Å². The number of hydrogen-bond donors (Lipinski definition) is 1. The van der Waals surface area contributed by atoms with Crippen LogP contribution in [0, 0.1) is 0 Å². The average Bonchev–Trinajstić information content (AvgIpc) is 3.26. The van der Waals surface area contributed by atoms with E-state index in [4.69, 9.17) is 21.5 Å². The van der Waals surface area contributed by atoms with Gasteiger partial charge in [-0.05, 0) is 42.5 Å². The van der Waals surface area contributed by atoms with Gasteiger partial charge >= 0.3 is 0 Å². The Labute approximate surface area is 203 Å². The molecule has 1 saturated carbocycles. The van der Waals surface area contributed by atoms with E-state index in [0.29, 0.717) is 45.6 Å². The summed E-state index contributed by atoms with van der Waals surface area (Å²) in [5.74, 6) is 0. The highest BCUT2D eigenvalue weighted by atomic mass is 35.5. The summed E-state index contributed by atoms with van der Waals surface area (Å²) in [5, 5.41) is 7.55. The molecule has 0 spiro atoms. The second-order valence-corrected chi connectivity index (χ2v) is 11.0. The van der Waals surface area contributed by atoms with Crippen molar-refractivity contribution in [3.05, 3.63) is 57.8 Å². The highest BCUT2D eigenvalue weighted by Crippen LogP contribution is 2.38. The van der Waals surface area contributed by atoms with Gasteiger partial charge in [0.1, 0.15) is 0 Å². The SMILES string of the molecule is NS(=O)(=O)N(CC1(N2CCOCC2)CCCC1)c1ccc2ccc3ncc(Cl)cc3c(=O)c2c1. The number of nitrogens with zero attached hydrogens (tertiary/aromatic N) is 3. The molecule has 1 aromatic heterocycles. The summed E-state index contributed by atoms with van der Waals surface area (Å²) in [6, 6.07) is 10.2. The van der Waals surface area contributed by atoms with Gasteiger partial charge in [0.25, 0.3) is 10.2 Å². The number of rotatable bonds is 5. The summed E-state index contributed by atoms with van der Waals surface area (Å²) in [4.78, 5) is 20.0. The maximum atomic E-state index is 13.4. The molecule has 0 amide bonds. The maximum Gasteiger partial charge on any atom is 0.299 e. The molecule has 0 unspecified atom stereocenters. The van der Waals surface area contributed by atoms with Crippen LogP contribution in [0.3, 0.4) is 0 Å². The van der Waals surface area contributed by atoms with Crippen LogP contribution in [0.4, 0.5) is 5.69 Å². The Morgan fingerprint density at radius 1 is 1.09 bits per heavy atom. The lowest BCUT2D eigenvalue weighted by atomic mass is 9.94. The Balaban J connectivity index is 1.63. The van der Waals surface area contributed by atoms with Crippen LogP contribution in [0.5, 0.6) is 0 Å². The van der Waals surface area contributed by atoms with E-state index in [0.717, 1.165) is 38.8 Å². The highest BCUT2D eigenvalue weighted by molar-refractivity contribution is 7.90. The normalized spacial score (nSPS) is 19.0. The lowest BCUT2D eigenvalue weighted by molar-refractivity contribution is -0.0170. The molecule has 5 rings (SSSR count). The van der Waals surface area contributed by atoms with E-state index in [1.54, 1.807) is 36.4 Å². The van der Waals surface area contributed by atoms with E-state index in [1.807, 2.05) is 0 Å². The van der Waals surface area contributed by atoms with Gasteiger partial charge in [-0.25, -0.2) is 5.14 Å². The zero-order valence-electron chi connectivity index (χ0n) is 18.7. The van der Waals surface area contributed by atoms with Crippen molar-refractivity contribution in [3.63, 3.8) is 0 Å². The summed E-state index contributed by atoms with van der Waals surface area (Å²) in [7, 11) is -4.09. The maximum absolute atomic E-state index is 13.4. The van der Waals surface area contributed by atoms with Crippen LogP contribution in [-0.4, -0.2) is 56.7 Å². The lowest BCUT2D eigenvalue weighted by Gasteiger charge is -2.45. The number of aromatic nitrogens is 1. The molecule has 10 heteroatoms. The second-order valence-electron chi connectivity index (χ2n) is 9.10. The van der Waals surface area contributed by atoms with Gasteiger partial charge in [-0.15, -0.1) is 0 Å². The fourth-order valence-corrected chi connectivity index (χ4v) is 6.35. The minimum absolute atomic E-state index is 0.235. The van der Waals surface area contributed by atoms with Gasteiger partial charge in [0.05, 0.1) is 36.0 Å². The molecule has 1 aliphatic heterocycles. The Morgan fingerprint density at radius 3 is 2.50 bits per heavy atom. The summed E-state index contributed by atoms with van der Waals surface area (Å²) >= 11 is 6.09. The summed E-state index contributed by atoms with van der Waals surface area (Å²) < 4.78 is 32.5. The van der Waals surface area contributed by atoms with E-state index in [2.05, 4.69) is 9.88 Å². The first-order chi connectivity index (χ1) is 16.3. The summed E-state index contributed by atoms with van der Waals surface area (Å²) in [5.41, 5.74) is 0.329. The monoisotopic (exact) mass is 502 g/mol. The van der Waals surface area contributed by atoms with Crippen molar-refractivity contribution in [2.45, 2.75) is 31.2 Å². The zero-order valence-corrected chi connectivity index (χ0v) is 20.3. The van der Waals surface area contributed by atoms with Crippen molar-refractivity contribution >= 4 is 49.2 Å². The van der Waals surface area contributed by atoms with E-state index in [-0.39, 0.29) is 17.5 Å². The molecule has 1 saturated heterocycles. The van der Waals surface area contributed by atoms with Gasteiger partial charge in [0, 0.05) is 35.6 Å². The Hall–Kier alpha value is -2.30. The molecular weight excluding hydrogens is 476 g/mol. The zero-order chi connectivity index (χ0) is 23.9. The third-order valence-electron chi connectivity index (χ3n) is 7.08. The predicted octanol–water partition coefficient (Wildman–Crippen LogP) is 3.06. The van der Waals surface area contributed by atoms with Gasteiger partial charge in [0.2, 0.25) is 0 Å². The molecule has 2 fully saturated rings. The first-order valence-corrected chi connectivity index (χ1v) is 13.3. The number of morpholine rings is 1. The summed E-state index contributed by atoms with van der Waals surface area (Å²) in [6.45, 7) is 3.02. The molecule has 2 heterocycles. The van der Waals surface area contributed by atoms with Gasteiger partial charge in [-0.3, -0.25) is 19.0 Å². The van der Waals surface area contributed by atoms with Crippen LogP contribution in [0.1, 0.15) is 25.7 Å². The van der Waals surface area contributed by atoms with Crippen LogP contribution in [0.25, 0.3) is 21.7 Å². The standard InChI is InChI=1S/C24H27ClN4O4S/c25-18-13-21-22(27-15-18)6-4-17-3-5-19(14-20(17)23(21)30)29(34(26,31)32)16-24(7-1-2-8-24)28-9-11-33-12-10-28/h3-6,13-15H,1-2,7-12,16H2,(H2,26,31,32). The average molecular weight is 503 g/mol. The van der Waals surface area contributed by atoms with Crippen LogP contribution in [0.15, 0.2) is 47.4 Å². The van der Waals surface area contributed by atoms with Crippen LogP contribution in [0.2, 0.25) is 5.02 Å². The van der Waals surface area contributed by atoms with Crippen molar-refractivity contribution in [1.29, 1.82) is 0 Å². The fourth-order valence-electron chi connectivity index (χ4n) is 5.36. The van der Waals surface area contributed by atoms with E-state index in [1.165, 1.54) is 10.5 Å². The van der Waals surface area contributed by atoms with Gasteiger partial charge < -0.3 is 4.74 Å². The summed E-state index contributed by atoms with van der Waals surface area (Å²) in [6.07, 6.45) is 5.35. The molecular formula is C24H27ClN4O4S. The van der Waals surface area contributed by atoms with E-state index in [9.17, 15) is 13.2 Å². The van der Waals surface area contributed by atoms with E-state index >= 15 is 0 Å². The minimum atomic E-state index is -4.09. The molecule has 2 N–H and O–H groups in total. The van der Waals surface area contributed by atoms with Crippen molar-refractivity contribution in [3.8, 4) is 0 Å². The molecule has 2 aliphatic rings. The third-order valence-corrected chi connectivity index (χ3v) is 8.24. The minimum Gasteiger partial charge on any atom is -0.379 e. The molecule has 180 valence electrons. The van der Waals surface area contributed by atoms with Crippen molar-refractivity contribution in [2.75, 3.05) is 37.2 Å². The van der Waals surface area contributed by atoms with Gasteiger partial charge in [0.15, 0.2) is 5.43 Å². The molecule has 0 atom stereocenters. The molecule has 34 heavy (non-hydrogen) atoms. The van der Waals surface area contributed by atoms with Crippen LogP contribution < -0.4 is 14.9 Å². The number of ether oxygens (including phenoxy) is 1. The van der Waals surface area contributed by atoms with Crippen LogP contribution in [-0.2, 0) is 14.9 Å². The molecule has 0 bridgehead atoms. The Kier molecular flexibility index (Phi) is 6.24. The quantitative estimate of drug-likeness (QED) is 0.574. The predicted molar refractivity (Wildman–Crippen MR) is 135 cm³/mol. The fraction of sp³-hybridized carbons (Fsp3) is 0.417. The largest absolute Gasteiger partial charge is 0.379 e. The number of pyridine rings is 1. The number of nitrogens with two attached hydrogens (primary N) is 1. The number of benzene rings is 1. The van der Waals surface area contributed by atoms with Crippen molar-refractivity contribution in [2.24, 2.45) is 5.14 Å². The van der Waals surface area contributed by atoms with Crippen LogP contribution >= 0.6 is 11.6 Å². The number of halogens is 1. The Morgan fingerprint density at radius 2 is 1.79 bits per heavy atom. The first-order valence-electron chi connectivity index (χ1n) is 11.4. The molecule has 2 aromatic carbocycles. The lowest BCUT2D eigenvalue weighted by Crippen LogP contribution is -2.59. The molecule has 3 aromatic rings. The number of hydrogen-bond acceptors (Lipinski definition) is 6. The van der Waals surface area contributed by atoms with Crippen molar-refractivity contribution in [1.82, 2.24) is 9.88 Å². The smallest absolute Gasteiger partial charge is 0.299 e. The molecule has 8 nitrogen and oxygen atoms in total. The number of fused-ring (bicyclic) bond motifs is 2. The third kappa shape index (κ3) is 4.38.